The van der Waals surface area contributed by atoms with Crippen LogP contribution in [0.2, 0.25) is 0 Å². The zero-order chi connectivity index (χ0) is 46.6. The molecule has 0 atom stereocenters. The SMILES string of the molecule is CCCCCC=CCC=CCCCCCCCC(=O)OCCCC(=O)OCc1cc(COC(=O)CCCOC(=O)CCCCCCCC=CCC=CCCCCC)cc(CN(C)C)c1. The molecule has 0 radical (unpaired) electrons. The minimum Gasteiger partial charge on any atom is -0.466 e. The number of allylic oxidation sites excluding steroid dienone is 8. The minimum absolute atomic E-state index is 0.0915. The van der Waals surface area contributed by atoms with E-state index < -0.39 is 0 Å². The van der Waals surface area contributed by atoms with Crippen LogP contribution in [0.4, 0.5) is 0 Å². The minimum atomic E-state index is -0.359. The lowest BCUT2D eigenvalue weighted by Gasteiger charge is -2.14. The molecule has 9 nitrogen and oxygen atoms in total. The van der Waals surface area contributed by atoms with Crippen molar-refractivity contribution in [3.63, 3.8) is 0 Å². The standard InChI is InChI=1S/C55H89NO8/c1-5-7-9-11-13-15-17-19-21-23-25-27-29-31-33-37-52(57)61-41-35-39-54(59)63-47-50-43-49(46-56(3)4)44-51(45-50)48-64-55(60)40-36-42-62-53(58)38-34-32-30-28-26-24-22-20-18-16-14-12-10-8-6-2/h13-16,19-22,43-45H,5-12,17-18,23-42,46-48H2,1-4H3. The van der Waals surface area contributed by atoms with Gasteiger partial charge in [0.2, 0.25) is 0 Å². The predicted octanol–water partition coefficient (Wildman–Crippen LogP) is 14.1. The first-order valence-electron chi connectivity index (χ1n) is 25.2. The van der Waals surface area contributed by atoms with Gasteiger partial charge in [0.25, 0.3) is 0 Å². The fourth-order valence-corrected chi connectivity index (χ4v) is 7.05. The molecule has 0 amide bonds. The van der Waals surface area contributed by atoms with Crippen LogP contribution in [-0.4, -0.2) is 56.1 Å². The van der Waals surface area contributed by atoms with Crippen molar-refractivity contribution in [2.75, 3.05) is 27.3 Å². The second kappa shape index (κ2) is 42.9. The summed E-state index contributed by atoms with van der Waals surface area (Å²) in [6.07, 6.45) is 45.1. The lowest BCUT2D eigenvalue weighted by Crippen LogP contribution is -2.13. The summed E-state index contributed by atoms with van der Waals surface area (Å²) in [4.78, 5) is 51.4. The van der Waals surface area contributed by atoms with Crippen LogP contribution in [0.1, 0.15) is 210 Å². The van der Waals surface area contributed by atoms with E-state index in [1.54, 1.807) is 0 Å². The Hall–Kier alpha value is -3.98. The van der Waals surface area contributed by atoms with Gasteiger partial charge >= 0.3 is 23.9 Å². The molecule has 0 aliphatic carbocycles. The summed E-state index contributed by atoms with van der Waals surface area (Å²) in [5.74, 6) is -1.15. The van der Waals surface area contributed by atoms with Gasteiger partial charge in [-0.25, -0.2) is 0 Å². The van der Waals surface area contributed by atoms with E-state index >= 15 is 0 Å². The Kier molecular flexibility index (Phi) is 38.9. The maximum atomic E-state index is 12.5. The number of rotatable bonds is 42. The van der Waals surface area contributed by atoms with E-state index in [9.17, 15) is 19.2 Å². The van der Waals surface area contributed by atoms with Crippen LogP contribution in [0, 0.1) is 0 Å². The maximum absolute atomic E-state index is 12.5. The Morgan fingerprint density at radius 3 is 1.12 bits per heavy atom. The summed E-state index contributed by atoms with van der Waals surface area (Å²) in [6, 6.07) is 5.84. The highest BCUT2D eigenvalue weighted by Gasteiger charge is 2.11. The molecule has 0 spiro atoms. The number of carbonyl (C=O) groups is 4. The van der Waals surface area contributed by atoms with Crippen LogP contribution in [0.3, 0.4) is 0 Å². The van der Waals surface area contributed by atoms with Crippen molar-refractivity contribution in [3.8, 4) is 0 Å². The Balaban J connectivity index is 2.18. The van der Waals surface area contributed by atoms with Crippen molar-refractivity contribution in [3.05, 3.63) is 83.5 Å². The number of carbonyl (C=O) groups excluding carboxylic acids is 4. The van der Waals surface area contributed by atoms with Crippen LogP contribution >= 0.6 is 0 Å². The van der Waals surface area contributed by atoms with Crippen LogP contribution in [-0.2, 0) is 57.9 Å². The predicted molar refractivity (Wildman–Crippen MR) is 263 cm³/mol. The fourth-order valence-electron chi connectivity index (χ4n) is 7.05. The van der Waals surface area contributed by atoms with Gasteiger partial charge in [-0.05, 0) is 127 Å². The van der Waals surface area contributed by atoms with Gasteiger partial charge in [0, 0.05) is 32.2 Å². The highest BCUT2D eigenvalue weighted by molar-refractivity contribution is 5.71. The number of ether oxygens (including phenoxy) is 4. The van der Waals surface area contributed by atoms with E-state index in [0.29, 0.717) is 32.2 Å². The fraction of sp³-hybridized carbons (Fsp3) is 0.673. The van der Waals surface area contributed by atoms with Gasteiger partial charge in [-0.15, -0.1) is 0 Å². The number of esters is 4. The van der Waals surface area contributed by atoms with Gasteiger partial charge in [-0.2, -0.15) is 0 Å². The summed E-state index contributed by atoms with van der Waals surface area (Å²) in [6.45, 7) is 5.71. The first kappa shape index (κ1) is 58.0. The number of benzene rings is 1. The number of hydrogen-bond acceptors (Lipinski definition) is 9. The normalized spacial score (nSPS) is 11.8. The van der Waals surface area contributed by atoms with Crippen molar-refractivity contribution in [1.29, 1.82) is 0 Å². The molecule has 0 bridgehead atoms. The Morgan fingerprint density at radius 2 is 0.734 bits per heavy atom. The molecule has 0 aliphatic heterocycles. The average Bonchev–Trinajstić information content (AvgIpc) is 3.27. The van der Waals surface area contributed by atoms with Crippen molar-refractivity contribution >= 4 is 23.9 Å². The van der Waals surface area contributed by atoms with E-state index in [-0.39, 0.29) is 63.1 Å². The van der Waals surface area contributed by atoms with Gasteiger partial charge in [-0.3, -0.25) is 19.2 Å². The summed E-state index contributed by atoms with van der Waals surface area (Å²) >= 11 is 0. The molecule has 0 unspecified atom stereocenters. The van der Waals surface area contributed by atoms with Crippen LogP contribution < -0.4 is 0 Å². The van der Waals surface area contributed by atoms with E-state index in [1.807, 2.05) is 37.2 Å². The van der Waals surface area contributed by atoms with Gasteiger partial charge in [0.1, 0.15) is 13.2 Å². The third-order valence-electron chi connectivity index (χ3n) is 10.7. The third kappa shape index (κ3) is 38.5. The molecule has 64 heavy (non-hydrogen) atoms. The second-order valence-corrected chi connectivity index (χ2v) is 17.3. The summed E-state index contributed by atoms with van der Waals surface area (Å²) in [5, 5.41) is 0. The molecular weight excluding hydrogens is 803 g/mol. The summed E-state index contributed by atoms with van der Waals surface area (Å²) < 4.78 is 21.8. The van der Waals surface area contributed by atoms with Gasteiger partial charge in [-0.1, -0.05) is 139 Å². The number of nitrogens with zero attached hydrogens (tertiary/aromatic N) is 1. The highest BCUT2D eigenvalue weighted by Crippen LogP contribution is 2.16. The molecule has 1 aromatic rings. The molecular formula is C55H89NO8. The monoisotopic (exact) mass is 892 g/mol. The molecule has 0 aliphatic rings. The molecule has 1 aromatic carbocycles. The first-order valence-corrected chi connectivity index (χ1v) is 25.2. The lowest BCUT2D eigenvalue weighted by atomic mass is 10.1. The molecule has 0 saturated heterocycles. The van der Waals surface area contributed by atoms with Crippen molar-refractivity contribution in [2.24, 2.45) is 0 Å². The zero-order valence-electron chi connectivity index (χ0n) is 40.9. The van der Waals surface area contributed by atoms with Crippen molar-refractivity contribution in [2.45, 2.75) is 213 Å². The molecule has 0 aromatic heterocycles. The van der Waals surface area contributed by atoms with Crippen LogP contribution in [0.5, 0.6) is 0 Å². The molecule has 0 saturated carbocycles. The smallest absolute Gasteiger partial charge is 0.306 e. The maximum Gasteiger partial charge on any atom is 0.306 e. The molecule has 0 heterocycles. The average molecular weight is 892 g/mol. The molecule has 9 heteroatoms. The molecule has 0 fully saturated rings. The topological polar surface area (TPSA) is 108 Å². The Morgan fingerprint density at radius 1 is 0.406 bits per heavy atom. The molecule has 362 valence electrons. The van der Waals surface area contributed by atoms with Crippen molar-refractivity contribution in [1.82, 2.24) is 4.90 Å². The third-order valence-corrected chi connectivity index (χ3v) is 10.7. The number of unbranched alkanes of at least 4 members (excludes halogenated alkanes) is 16. The van der Waals surface area contributed by atoms with Gasteiger partial charge in [0.05, 0.1) is 13.2 Å². The van der Waals surface area contributed by atoms with Gasteiger partial charge in [0.15, 0.2) is 0 Å². The first-order chi connectivity index (χ1) is 31.2. The van der Waals surface area contributed by atoms with Crippen molar-refractivity contribution < 1.29 is 38.1 Å². The molecule has 1 rings (SSSR count). The quantitative estimate of drug-likeness (QED) is 0.0274. The number of hydrogen-bond donors (Lipinski definition) is 0. The van der Waals surface area contributed by atoms with E-state index in [1.165, 1.54) is 77.0 Å². The second-order valence-electron chi connectivity index (χ2n) is 17.3. The van der Waals surface area contributed by atoms with E-state index in [4.69, 9.17) is 18.9 Å². The van der Waals surface area contributed by atoms with Crippen LogP contribution in [0.25, 0.3) is 0 Å². The van der Waals surface area contributed by atoms with E-state index in [0.717, 1.165) is 80.9 Å². The highest BCUT2D eigenvalue weighted by atomic mass is 16.5. The summed E-state index contributed by atoms with van der Waals surface area (Å²) in [5.41, 5.74) is 2.62. The largest absolute Gasteiger partial charge is 0.466 e. The van der Waals surface area contributed by atoms with E-state index in [2.05, 4.69) is 62.5 Å². The lowest BCUT2D eigenvalue weighted by molar-refractivity contribution is -0.148. The molecule has 0 N–H and O–H groups in total. The summed E-state index contributed by atoms with van der Waals surface area (Å²) in [7, 11) is 3.94. The zero-order valence-corrected chi connectivity index (χ0v) is 40.9. The Bertz CT molecular complexity index is 1360. The van der Waals surface area contributed by atoms with Gasteiger partial charge < -0.3 is 23.8 Å². The van der Waals surface area contributed by atoms with Crippen LogP contribution in [0.15, 0.2) is 66.8 Å². The Labute approximate surface area is 389 Å².